The van der Waals surface area contributed by atoms with Crippen LogP contribution in [0.2, 0.25) is 0 Å². The average molecular weight is 314 g/mol. The summed E-state index contributed by atoms with van der Waals surface area (Å²) in [5, 5.41) is 12.9. The van der Waals surface area contributed by atoms with Crippen LogP contribution in [0, 0.1) is 5.82 Å². The highest BCUT2D eigenvalue weighted by Gasteiger charge is 2.32. The minimum Gasteiger partial charge on any atom is -0.390 e. The van der Waals surface area contributed by atoms with Gasteiger partial charge in [-0.1, -0.05) is 24.3 Å². The molecule has 23 heavy (non-hydrogen) atoms. The van der Waals surface area contributed by atoms with E-state index >= 15 is 0 Å². The molecule has 0 heterocycles. The van der Waals surface area contributed by atoms with Gasteiger partial charge >= 0.3 is 0 Å². The minimum atomic E-state index is -0.694. The van der Waals surface area contributed by atoms with Crippen LogP contribution in [0.25, 0.3) is 0 Å². The van der Waals surface area contributed by atoms with Gasteiger partial charge < -0.3 is 15.3 Å². The maximum Gasteiger partial charge on any atom is 0.254 e. The minimum absolute atomic E-state index is 0.0211. The van der Waals surface area contributed by atoms with Crippen molar-refractivity contribution in [3.8, 4) is 0 Å². The molecule has 5 heteroatoms. The fourth-order valence-electron chi connectivity index (χ4n) is 2.93. The van der Waals surface area contributed by atoms with Crippen LogP contribution < -0.4 is 10.2 Å². The van der Waals surface area contributed by atoms with Crippen molar-refractivity contribution < 1.29 is 14.3 Å². The summed E-state index contributed by atoms with van der Waals surface area (Å²) in [6.07, 6.45) is -0.205. The molecule has 2 N–H and O–H groups in total. The highest BCUT2D eigenvalue weighted by molar-refractivity contribution is 5.95. The van der Waals surface area contributed by atoms with Gasteiger partial charge in [0.1, 0.15) is 5.82 Å². The second-order valence-corrected chi connectivity index (χ2v) is 5.98. The van der Waals surface area contributed by atoms with Crippen LogP contribution in [0.1, 0.15) is 27.5 Å². The molecule has 1 aliphatic rings. The molecule has 1 amide bonds. The van der Waals surface area contributed by atoms with E-state index in [1.54, 1.807) is 25.1 Å². The Labute approximate surface area is 134 Å². The second kappa shape index (κ2) is 6.01. The molecule has 1 aliphatic carbocycles. The van der Waals surface area contributed by atoms with Gasteiger partial charge in [0, 0.05) is 26.2 Å². The molecule has 0 saturated carbocycles. The zero-order chi connectivity index (χ0) is 16.6. The van der Waals surface area contributed by atoms with Crippen LogP contribution in [0.15, 0.2) is 42.5 Å². The first-order valence-corrected chi connectivity index (χ1v) is 7.51. The molecule has 0 unspecified atom stereocenters. The maximum atomic E-state index is 14.2. The van der Waals surface area contributed by atoms with Gasteiger partial charge in [0.15, 0.2) is 0 Å². The first-order chi connectivity index (χ1) is 11.0. The number of nitrogens with zero attached hydrogens (tertiary/aromatic N) is 1. The number of hydrogen-bond donors (Lipinski definition) is 2. The van der Waals surface area contributed by atoms with Gasteiger partial charge in [-0.05, 0) is 29.3 Å². The molecule has 0 aliphatic heterocycles. The Kier molecular flexibility index (Phi) is 4.05. The lowest BCUT2D eigenvalue weighted by atomic mass is 10.1. The third-order valence-corrected chi connectivity index (χ3v) is 4.20. The lowest BCUT2D eigenvalue weighted by molar-refractivity contribution is 0.0854. The summed E-state index contributed by atoms with van der Waals surface area (Å²) in [4.78, 5) is 14.1. The van der Waals surface area contributed by atoms with E-state index in [0.29, 0.717) is 12.1 Å². The number of aliphatic hydroxyl groups is 1. The first-order valence-electron chi connectivity index (χ1n) is 7.51. The van der Waals surface area contributed by atoms with Crippen LogP contribution in [0.3, 0.4) is 0 Å². The summed E-state index contributed by atoms with van der Waals surface area (Å²) in [5.74, 6) is -1.09. The molecular formula is C18H19FN2O2. The Morgan fingerprint density at radius 2 is 2.00 bits per heavy atom. The van der Waals surface area contributed by atoms with E-state index in [9.17, 15) is 14.3 Å². The van der Waals surface area contributed by atoms with Crippen molar-refractivity contribution in [3.05, 3.63) is 65.0 Å². The van der Waals surface area contributed by atoms with E-state index in [0.717, 1.165) is 11.1 Å². The van der Waals surface area contributed by atoms with E-state index in [1.165, 1.54) is 12.1 Å². The Morgan fingerprint density at radius 1 is 1.26 bits per heavy atom. The summed E-state index contributed by atoms with van der Waals surface area (Å²) in [5.41, 5.74) is 2.56. The average Bonchev–Trinajstić information content (AvgIpc) is 2.83. The highest BCUT2D eigenvalue weighted by Crippen LogP contribution is 2.31. The van der Waals surface area contributed by atoms with Gasteiger partial charge in [-0.15, -0.1) is 0 Å². The summed E-state index contributed by atoms with van der Waals surface area (Å²) in [6.45, 7) is 0. The standard InChI is InChI=1S/C18H19FN2O2/c1-21(2)12-7-8-14(15(19)10-12)18(23)20-17-13-6-4-3-5-11(13)9-16(17)22/h3-8,10,16-17,22H,9H2,1-2H3,(H,20,23)/t16-,17+/m0/s1. The number of hydrogen-bond acceptors (Lipinski definition) is 3. The molecule has 2 atom stereocenters. The van der Waals surface area contributed by atoms with Crippen LogP contribution >= 0.6 is 0 Å². The quantitative estimate of drug-likeness (QED) is 0.914. The van der Waals surface area contributed by atoms with Gasteiger partial charge in [0.05, 0.1) is 17.7 Å². The lowest BCUT2D eigenvalue weighted by Crippen LogP contribution is -2.34. The third-order valence-electron chi connectivity index (χ3n) is 4.20. The lowest BCUT2D eigenvalue weighted by Gasteiger charge is -2.19. The number of carbonyl (C=O) groups is 1. The van der Waals surface area contributed by atoms with Crippen LogP contribution in [0.4, 0.5) is 10.1 Å². The van der Waals surface area contributed by atoms with Gasteiger partial charge in [-0.2, -0.15) is 0 Å². The predicted molar refractivity (Wildman–Crippen MR) is 87.1 cm³/mol. The number of nitrogens with one attached hydrogen (secondary N) is 1. The van der Waals surface area contributed by atoms with E-state index in [-0.39, 0.29) is 5.56 Å². The van der Waals surface area contributed by atoms with E-state index in [4.69, 9.17) is 0 Å². The van der Waals surface area contributed by atoms with Crippen molar-refractivity contribution in [2.24, 2.45) is 0 Å². The molecule has 0 fully saturated rings. The normalized spacial score (nSPS) is 19.3. The van der Waals surface area contributed by atoms with Crippen molar-refractivity contribution in [1.82, 2.24) is 5.32 Å². The number of rotatable bonds is 3. The van der Waals surface area contributed by atoms with Gasteiger partial charge in [-0.3, -0.25) is 4.79 Å². The fraction of sp³-hybridized carbons (Fsp3) is 0.278. The third kappa shape index (κ3) is 2.92. The molecule has 3 rings (SSSR count). The Morgan fingerprint density at radius 3 is 2.70 bits per heavy atom. The first kappa shape index (κ1) is 15.5. The number of aliphatic hydroxyl groups excluding tert-OH is 1. The summed E-state index contributed by atoms with van der Waals surface area (Å²) < 4.78 is 14.2. The number of fused-ring (bicyclic) bond motifs is 1. The van der Waals surface area contributed by atoms with Crippen molar-refractivity contribution in [2.45, 2.75) is 18.6 Å². The van der Waals surface area contributed by atoms with E-state index in [1.807, 2.05) is 24.3 Å². The van der Waals surface area contributed by atoms with Crippen molar-refractivity contribution in [3.63, 3.8) is 0 Å². The van der Waals surface area contributed by atoms with E-state index < -0.39 is 23.9 Å². The smallest absolute Gasteiger partial charge is 0.254 e. The Bertz CT molecular complexity index is 746. The molecule has 0 saturated heterocycles. The summed E-state index contributed by atoms with van der Waals surface area (Å²) in [7, 11) is 3.61. The fourth-order valence-corrected chi connectivity index (χ4v) is 2.93. The molecule has 4 nitrogen and oxygen atoms in total. The van der Waals surface area contributed by atoms with Crippen LogP contribution in [-0.4, -0.2) is 31.2 Å². The number of anilines is 1. The molecule has 2 aromatic rings. The van der Waals surface area contributed by atoms with Crippen LogP contribution in [-0.2, 0) is 6.42 Å². The van der Waals surface area contributed by atoms with Crippen molar-refractivity contribution in [2.75, 3.05) is 19.0 Å². The predicted octanol–water partition coefficient (Wildman–Crippen LogP) is 2.28. The number of halogens is 1. The molecule has 0 bridgehead atoms. The van der Waals surface area contributed by atoms with Gasteiger partial charge in [0.2, 0.25) is 0 Å². The zero-order valence-corrected chi connectivity index (χ0v) is 13.1. The van der Waals surface area contributed by atoms with Gasteiger partial charge in [0.25, 0.3) is 5.91 Å². The second-order valence-electron chi connectivity index (χ2n) is 5.98. The van der Waals surface area contributed by atoms with Crippen LogP contribution in [0.5, 0.6) is 0 Å². The van der Waals surface area contributed by atoms with Crippen molar-refractivity contribution >= 4 is 11.6 Å². The monoisotopic (exact) mass is 314 g/mol. The highest BCUT2D eigenvalue weighted by atomic mass is 19.1. The molecule has 0 spiro atoms. The number of carbonyl (C=O) groups excluding carboxylic acids is 1. The molecule has 2 aromatic carbocycles. The zero-order valence-electron chi connectivity index (χ0n) is 13.1. The summed E-state index contributed by atoms with van der Waals surface area (Å²) in [6, 6.07) is 11.5. The van der Waals surface area contributed by atoms with Gasteiger partial charge in [-0.25, -0.2) is 4.39 Å². The molecule has 120 valence electrons. The largest absolute Gasteiger partial charge is 0.390 e. The molecular weight excluding hydrogens is 295 g/mol. The maximum absolute atomic E-state index is 14.2. The number of amides is 1. The number of benzene rings is 2. The Hall–Kier alpha value is -2.40. The summed E-state index contributed by atoms with van der Waals surface area (Å²) >= 11 is 0. The van der Waals surface area contributed by atoms with Crippen molar-refractivity contribution in [1.29, 1.82) is 0 Å². The Balaban J connectivity index is 1.83. The molecule has 0 aromatic heterocycles. The SMILES string of the molecule is CN(C)c1ccc(C(=O)N[C@@H]2c3ccccc3C[C@@H]2O)c(F)c1. The topological polar surface area (TPSA) is 52.6 Å². The van der Waals surface area contributed by atoms with E-state index in [2.05, 4.69) is 5.32 Å². The molecule has 0 radical (unpaired) electrons.